The summed E-state index contributed by atoms with van der Waals surface area (Å²) in [6.45, 7) is 7.45. The molecule has 1 N–H and O–H groups in total. The number of carbonyl (C=O) groups is 1. The van der Waals surface area contributed by atoms with E-state index in [4.69, 9.17) is 4.74 Å². The zero-order valence-electron chi connectivity index (χ0n) is 18.4. The summed E-state index contributed by atoms with van der Waals surface area (Å²) in [6, 6.07) is 18.9. The van der Waals surface area contributed by atoms with Crippen LogP contribution in [0.4, 0.5) is 0 Å². The first-order chi connectivity index (χ1) is 14.5. The van der Waals surface area contributed by atoms with E-state index in [0.717, 1.165) is 37.4 Å². The fraction of sp³-hybridized carbons (Fsp3) is 0.500. The fourth-order valence-corrected chi connectivity index (χ4v) is 5.43. The Hall–Kier alpha value is -2.33. The molecular formula is C26H34N2O2. The molecule has 1 saturated carbocycles. The molecule has 1 heterocycles. The van der Waals surface area contributed by atoms with E-state index in [1.54, 1.807) is 7.11 Å². The normalized spacial score (nSPS) is 24.6. The van der Waals surface area contributed by atoms with E-state index >= 15 is 0 Å². The minimum atomic E-state index is -0.0814. The summed E-state index contributed by atoms with van der Waals surface area (Å²) >= 11 is 0. The lowest BCUT2D eigenvalue weighted by Crippen LogP contribution is -2.43. The molecule has 30 heavy (non-hydrogen) atoms. The molecule has 2 fully saturated rings. The van der Waals surface area contributed by atoms with Gasteiger partial charge in [0.05, 0.1) is 13.0 Å². The predicted molar refractivity (Wildman–Crippen MR) is 120 cm³/mol. The second kappa shape index (κ2) is 9.22. The number of nitrogens with zero attached hydrogens (tertiary/aromatic N) is 1. The van der Waals surface area contributed by atoms with Gasteiger partial charge in [-0.3, -0.25) is 9.69 Å². The van der Waals surface area contributed by atoms with Gasteiger partial charge in [0.1, 0.15) is 5.75 Å². The van der Waals surface area contributed by atoms with Gasteiger partial charge in [0.15, 0.2) is 0 Å². The van der Waals surface area contributed by atoms with Crippen molar-refractivity contribution in [3.05, 3.63) is 65.7 Å². The molecule has 0 radical (unpaired) electrons. The number of methoxy groups -OCH3 is 1. The van der Waals surface area contributed by atoms with Gasteiger partial charge < -0.3 is 10.1 Å². The minimum absolute atomic E-state index is 0.0814. The first kappa shape index (κ1) is 20.9. The average Bonchev–Trinajstić information content (AvgIpc) is 3.30. The van der Waals surface area contributed by atoms with Crippen LogP contribution in [0.5, 0.6) is 5.75 Å². The summed E-state index contributed by atoms with van der Waals surface area (Å²) in [5.41, 5.74) is 2.44. The molecule has 1 aliphatic carbocycles. The maximum atomic E-state index is 13.2. The van der Waals surface area contributed by atoms with Gasteiger partial charge in [-0.05, 0) is 53.9 Å². The highest BCUT2D eigenvalue weighted by atomic mass is 16.5. The molecular weight excluding hydrogens is 372 g/mol. The Morgan fingerprint density at radius 1 is 1.07 bits per heavy atom. The Morgan fingerprint density at radius 3 is 2.47 bits per heavy atom. The molecule has 0 bridgehead atoms. The molecule has 4 atom stereocenters. The van der Waals surface area contributed by atoms with E-state index in [9.17, 15) is 4.79 Å². The number of hydrogen-bond donors (Lipinski definition) is 1. The second-order valence-electron chi connectivity index (χ2n) is 9.29. The summed E-state index contributed by atoms with van der Waals surface area (Å²) < 4.78 is 5.26. The molecule has 1 aliphatic heterocycles. The van der Waals surface area contributed by atoms with E-state index in [1.807, 2.05) is 30.3 Å². The van der Waals surface area contributed by atoms with Gasteiger partial charge >= 0.3 is 0 Å². The standard InChI is InChI=1S/C26H34N2O2/c1-18(2)25(20-7-5-4-6-8-20)26(29)27-24-14-11-21-16-28(17-23(21)24)15-19-9-12-22(30-3)13-10-19/h4-10,12-13,18,21,23-25H,11,14-17H2,1-3H3,(H,27,29)/t21-,23+,24+,25?/m1/s1. The van der Waals surface area contributed by atoms with E-state index in [2.05, 4.69) is 48.3 Å². The number of amides is 1. The molecule has 4 rings (SSSR count). The summed E-state index contributed by atoms with van der Waals surface area (Å²) in [4.78, 5) is 15.8. The lowest BCUT2D eigenvalue weighted by atomic mass is 9.87. The third kappa shape index (κ3) is 4.54. The van der Waals surface area contributed by atoms with Gasteiger partial charge in [0, 0.05) is 25.7 Å². The molecule has 4 nitrogen and oxygen atoms in total. The first-order valence-corrected chi connectivity index (χ1v) is 11.3. The minimum Gasteiger partial charge on any atom is -0.497 e. The number of benzene rings is 2. The van der Waals surface area contributed by atoms with Crippen molar-refractivity contribution in [3.63, 3.8) is 0 Å². The van der Waals surface area contributed by atoms with Gasteiger partial charge in [-0.25, -0.2) is 0 Å². The molecule has 2 aliphatic rings. The lowest BCUT2D eigenvalue weighted by molar-refractivity contribution is -0.124. The molecule has 1 unspecified atom stereocenters. The average molecular weight is 407 g/mol. The molecule has 0 aromatic heterocycles. The lowest BCUT2D eigenvalue weighted by Gasteiger charge is -2.26. The summed E-state index contributed by atoms with van der Waals surface area (Å²) in [7, 11) is 1.70. The predicted octanol–water partition coefficient (Wildman–Crippen LogP) is 4.46. The van der Waals surface area contributed by atoms with Crippen LogP contribution in [-0.4, -0.2) is 37.0 Å². The number of likely N-dealkylation sites (tertiary alicyclic amines) is 1. The Balaban J connectivity index is 1.37. The zero-order chi connectivity index (χ0) is 21.1. The second-order valence-corrected chi connectivity index (χ2v) is 9.29. The van der Waals surface area contributed by atoms with Crippen molar-refractivity contribution in [2.24, 2.45) is 17.8 Å². The van der Waals surface area contributed by atoms with Gasteiger partial charge in [0.2, 0.25) is 5.91 Å². The Labute approximate surface area is 180 Å². The molecule has 4 heteroatoms. The molecule has 1 amide bonds. The van der Waals surface area contributed by atoms with Gasteiger partial charge in [0.25, 0.3) is 0 Å². The number of hydrogen-bond acceptors (Lipinski definition) is 3. The molecule has 2 aromatic rings. The Kier molecular flexibility index (Phi) is 6.43. The van der Waals surface area contributed by atoms with Crippen LogP contribution >= 0.6 is 0 Å². The molecule has 2 aromatic carbocycles. The van der Waals surface area contributed by atoms with Crippen molar-refractivity contribution in [2.75, 3.05) is 20.2 Å². The Morgan fingerprint density at radius 2 is 1.80 bits per heavy atom. The third-order valence-electron chi connectivity index (χ3n) is 6.93. The van der Waals surface area contributed by atoms with Crippen LogP contribution in [0.3, 0.4) is 0 Å². The summed E-state index contributed by atoms with van der Waals surface area (Å²) in [5.74, 6) is 2.55. The van der Waals surface area contributed by atoms with Crippen molar-refractivity contribution in [1.82, 2.24) is 10.2 Å². The number of fused-ring (bicyclic) bond motifs is 1. The number of carbonyl (C=O) groups excluding carboxylic acids is 1. The van der Waals surface area contributed by atoms with Crippen molar-refractivity contribution in [1.29, 1.82) is 0 Å². The summed E-state index contributed by atoms with van der Waals surface area (Å²) in [5, 5.41) is 3.45. The van der Waals surface area contributed by atoms with Crippen molar-refractivity contribution in [2.45, 2.75) is 45.2 Å². The monoisotopic (exact) mass is 406 g/mol. The van der Waals surface area contributed by atoms with Crippen LogP contribution in [0.2, 0.25) is 0 Å². The molecule has 160 valence electrons. The van der Waals surface area contributed by atoms with Crippen LogP contribution in [0.15, 0.2) is 54.6 Å². The molecule has 1 saturated heterocycles. The van der Waals surface area contributed by atoms with Crippen molar-refractivity contribution < 1.29 is 9.53 Å². The number of rotatable bonds is 7. The maximum Gasteiger partial charge on any atom is 0.228 e. The number of nitrogens with one attached hydrogen (secondary N) is 1. The highest BCUT2D eigenvalue weighted by Crippen LogP contribution is 2.39. The quantitative estimate of drug-likeness (QED) is 0.738. The summed E-state index contributed by atoms with van der Waals surface area (Å²) in [6.07, 6.45) is 2.32. The first-order valence-electron chi connectivity index (χ1n) is 11.3. The van der Waals surface area contributed by atoms with Crippen LogP contribution < -0.4 is 10.1 Å². The van der Waals surface area contributed by atoms with Gasteiger partial charge in [-0.15, -0.1) is 0 Å². The van der Waals surface area contributed by atoms with Crippen molar-refractivity contribution in [3.8, 4) is 5.75 Å². The topological polar surface area (TPSA) is 41.6 Å². The van der Waals surface area contributed by atoms with Crippen LogP contribution in [-0.2, 0) is 11.3 Å². The van der Waals surface area contributed by atoms with Crippen molar-refractivity contribution >= 4 is 5.91 Å². The van der Waals surface area contributed by atoms with Crippen LogP contribution in [0.25, 0.3) is 0 Å². The maximum absolute atomic E-state index is 13.2. The van der Waals surface area contributed by atoms with Crippen LogP contribution in [0, 0.1) is 17.8 Å². The van der Waals surface area contributed by atoms with Crippen LogP contribution in [0.1, 0.15) is 43.7 Å². The van der Waals surface area contributed by atoms with E-state index in [1.165, 1.54) is 12.0 Å². The highest BCUT2D eigenvalue weighted by molar-refractivity contribution is 5.84. The SMILES string of the molecule is COc1ccc(CN2C[C@H]3CC[C@H](NC(=O)C(c4ccccc4)C(C)C)[C@H]3C2)cc1. The van der Waals surface area contributed by atoms with E-state index < -0.39 is 0 Å². The molecule has 0 spiro atoms. The van der Waals surface area contributed by atoms with E-state index in [0.29, 0.717) is 17.9 Å². The van der Waals surface area contributed by atoms with E-state index in [-0.39, 0.29) is 17.7 Å². The third-order valence-corrected chi connectivity index (χ3v) is 6.93. The number of ether oxygens (including phenoxy) is 1. The largest absolute Gasteiger partial charge is 0.497 e. The smallest absolute Gasteiger partial charge is 0.228 e. The van der Waals surface area contributed by atoms with Gasteiger partial charge in [-0.1, -0.05) is 56.3 Å². The zero-order valence-corrected chi connectivity index (χ0v) is 18.4. The fourth-order valence-electron chi connectivity index (χ4n) is 5.43. The highest BCUT2D eigenvalue weighted by Gasteiger charge is 2.43. The van der Waals surface area contributed by atoms with Gasteiger partial charge in [-0.2, -0.15) is 0 Å². The Bertz CT molecular complexity index is 834.